The number of nitrogens with one attached hydrogen (secondary N) is 1. The lowest BCUT2D eigenvalue weighted by molar-refractivity contribution is 0.0525. The van der Waals surface area contributed by atoms with Crippen molar-refractivity contribution >= 4 is 12.1 Å². The highest BCUT2D eigenvalue weighted by atomic mass is 16.6. The van der Waals surface area contributed by atoms with E-state index in [0.717, 1.165) is 12.8 Å². The van der Waals surface area contributed by atoms with Gasteiger partial charge < -0.3 is 19.9 Å². The minimum atomic E-state index is -0.963. The van der Waals surface area contributed by atoms with Crippen molar-refractivity contribution in [1.82, 2.24) is 5.32 Å². The molecule has 6 heteroatoms. The van der Waals surface area contributed by atoms with Crippen LogP contribution in [0.4, 0.5) is 4.79 Å². The van der Waals surface area contributed by atoms with E-state index in [-0.39, 0.29) is 5.56 Å². The predicted octanol–water partition coefficient (Wildman–Crippen LogP) is 3.38. The fraction of sp³-hybridized carbons (Fsp3) is 0.529. The third kappa shape index (κ3) is 7.54. The number of benzene rings is 1. The Balaban J connectivity index is 2.24. The van der Waals surface area contributed by atoms with Crippen molar-refractivity contribution in [2.24, 2.45) is 0 Å². The Bertz CT molecular complexity index is 548. The van der Waals surface area contributed by atoms with E-state index in [4.69, 9.17) is 14.6 Å². The summed E-state index contributed by atoms with van der Waals surface area (Å²) in [7, 11) is 0. The number of aryl methyl sites for hydroxylation is 1. The third-order valence-corrected chi connectivity index (χ3v) is 2.95. The quantitative estimate of drug-likeness (QED) is 0.751. The van der Waals surface area contributed by atoms with Crippen molar-refractivity contribution in [2.75, 3.05) is 13.2 Å². The van der Waals surface area contributed by atoms with E-state index in [1.165, 1.54) is 6.07 Å². The Kier molecular flexibility index (Phi) is 6.88. The molecule has 0 aliphatic rings. The first-order chi connectivity index (χ1) is 10.7. The number of alkyl carbamates (subject to hydrolysis) is 1. The molecule has 0 atom stereocenters. The molecular formula is C17H25NO5. The van der Waals surface area contributed by atoms with E-state index >= 15 is 0 Å². The zero-order valence-corrected chi connectivity index (χ0v) is 14.1. The van der Waals surface area contributed by atoms with Crippen molar-refractivity contribution < 1.29 is 24.2 Å². The molecule has 1 rings (SSSR count). The van der Waals surface area contributed by atoms with E-state index in [0.29, 0.717) is 24.5 Å². The summed E-state index contributed by atoms with van der Waals surface area (Å²) < 4.78 is 10.7. The summed E-state index contributed by atoms with van der Waals surface area (Å²) in [5, 5.41) is 11.7. The van der Waals surface area contributed by atoms with Crippen LogP contribution in [0.2, 0.25) is 0 Å². The Hall–Kier alpha value is -2.24. The second-order valence-corrected chi connectivity index (χ2v) is 6.27. The Morgan fingerprint density at radius 2 is 1.91 bits per heavy atom. The number of aromatic carboxylic acids is 1. The Morgan fingerprint density at radius 1 is 1.22 bits per heavy atom. The smallest absolute Gasteiger partial charge is 0.407 e. The van der Waals surface area contributed by atoms with Gasteiger partial charge >= 0.3 is 12.1 Å². The van der Waals surface area contributed by atoms with Gasteiger partial charge in [0.25, 0.3) is 0 Å². The number of ether oxygens (including phenoxy) is 2. The first-order valence-corrected chi connectivity index (χ1v) is 7.62. The SMILES string of the molecule is Cc1ccc(OCCCCNC(=O)OC(C)(C)C)cc1C(=O)O. The molecule has 6 nitrogen and oxygen atoms in total. The van der Waals surface area contributed by atoms with Crippen molar-refractivity contribution in [3.8, 4) is 5.75 Å². The first-order valence-electron chi connectivity index (χ1n) is 7.62. The molecule has 2 N–H and O–H groups in total. The Morgan fingerprint density at radius 3 is 2.52 bits per heavy atom. The molecule has 23 heavy (non-hydrogen) atoms. The summed E-state index contributed by atoms with van der Waals surface area (Å²) >= 11 is 0. The maximum Gasteiger partial charge on any atom is 0.407 e. The number of carbonyl (C=O) groups excluding carboxylic acids is 1. The molecule has 128 valence electrons. The van der Waals surface area contributed by atoms with Gasteiger partial charge in [0.15, 0.2) is 0 Å². The predicted molar refractivity (Wildman–Crippen MR) is 87.1 cm³/mol. The summed E-state index contributed by atoms with van der Waals surface area (Å²) in [5.41, 5.74) is 0.445. The number of amides is 1. The lowest BCUT2D eigenvalue weighted by Gasteiger charge is -2.19. The number of carbonyl (C=O) groups is 2. The van der Waals surface area contributed by atoms with Crippen LogP contribution in [0.15, 0.2) is 18.2 Å². The number of hydrogen-bond donors (Lipinski definition) is 2. The van der Waals surface area contributed by atoms with Gasteiger partial charge in [-0.2, -0.15) is 0 Å². The molecule has 0 radical (unpaired) electrons. The second-order valence-electron chi connectivity index (χ2n) is 6.27. The minimum absolute atomic E-state index is 0.245. The normalized spacial score (nSPS) is 11.0. The number of hydrogen-bond acceptors (Lipinski definition) is 4. The van der Waals surface area contributed by atoms with Gasteiger partial charge in [0, 0.05) is 6.54 Å². The maximum absolute atomic E-state index is 11.4. The molecule has 0 saturated heterocycles. The highest BCUT2D eigenvalue weighted by Gasteiger charge is 2.15. The molecule has 0 aromatic heterocycles. The van der Waals surface area contributed by atoms with Gasteiger partial charge in [-0.15, -0.1) is 0 Å². The van der Waals surface area contributed by atoms with Crippen LogP contribution in [0.3, 0.4) is 0 Å². The third-order valence-electron chi connectivity index (χ3n) is 2.95. The van der Waals surface area contributed by atoms with Crippen LogP contribution in [0.1, 0.15) is 49.5 Å². The molecule has 0 bridgehead atoms. The van der Waals surface area contributed by atoms with E-state index < -0.39 is 17.7 Å². The van der Waals surface area contributed by atoms with Gasteiger partial charge in [0.1, 0.15) is 11.4 Å². The van der Waals surface area contributed by atoms with E-state index in [9.17, 15) is 9.59 Å². The Labute approximate surface area is 136 Å². The van der Waals surface area contributed by atoms with Crippen molar-refractivity contribution in [1.29, 1.82) is 0 Å². The standard InChI is InChI=1S/C17H25NO5/c1-12-7-8-13(11-14(12)15(19)20)22-10-6-5-9-18-16(21)23-17(2,3)4/h7-8,11H,5-6,9-10H2,1-4H3,(H,18,21)(H,19,20). The molecule has 0 heterocycles. The number of carboxylic acid groups (broad SMARTS) is 1. The van der Waals surface area contributed by atoms with E-state index in [1.54, 1.807) is 19.1 Å². The van der Waals surface area contributed by atoms with Crippen LogP contribution in [-0.2, 0) is 4.74 Å². The van der Waals surface area contributed by atoms with E-state index in [2.05, 4.69) is 5.32 Å². The van der Waals surface area contributed by atoms with Gasteiger partial charge in [-0.05, 0) is 58.2 Å². The summed E-state index contributed by atoms with van der Waals surface area (Å²) in [6.07, 6.45) is 1.06. The van der Waals surface area contributed by atoms with Crippen molar-refractivity contribution in [2.45, 2.75) is 46.1 Å². The fourth-order valence-electron chi connectivity index (χ4n) is 1.84. The largest absolute Gasteiger partial charge is 0.494 e. The van der Waals surface area contributed by atoms with Gasteiger partial charge in [0.05, 0.1) is 12.2 Å². The average molecular weight is 323 g/mol. The van der Waals surface area contributed by atoms with Gasteiger partial charge in [0.2, 0.25) is 0 Å². The topological polar surface area (TPSA) is 84.9 Å². The number of carboxylic acids is 1. The lowest BCUT2D eigenvalue weighted by Crippen LogP contribution is -2.33. The molecule has 0 spiro atoms. The van der Waals surface area contributed by atoms with Gasteiger partial charge in [-0.3, -0.25) is 0 Å². The van der Waals surface area contributed by atoms with Crippen LogP contribution < -0.4 is 10.1 Å². The average Bonchev–Trinajstić information content (AvgIpc) is 2.42. The van der Waals surface area contributed by atoms with Crippen LogP contribution in [0.25, 0.3) is 0 Å². The summed E-state index contributed by atoms with van der Waals surface area (Å²) in [4.78, 5) is 22.5. The van der Waals surface area contributed by atoms with Crippen LogP contribution in [-0.4, -0.2) is 35.9 Å². The fourth-order valence-corrected chi connectivity index (χ4v) is 1.84. The van der Waals surface area contributed by atoms with Gasteiger partial charge in [-0.25, -0.2) is 9.59 Å². The molecule has 0 aliphatic carbocycles. The first kappa shape index (κ1) is 18.8. The van der Waals surface area contributed by atoms with Crippen LogP contribution >= 0.6 is 0 Å². The number of unbranched alkanes of at least 4 members (excludes halogenated alkanes) is 1. The summed E-state index contributed by atoms with van der Waals surface area (Å²) in [5.74, 6) is -0.428. The highest BCUT2D eigenvalue weighted by Crippen LogP contribution is 2.17. The molecule has 0 fully saturated rings. The van der Waals surface area contributed by atoms with Crippen molar-refractivity contribution in [3.63, 3.8) is 0 Å². The molecule has 0 saturated carbocycles. The summed E-state index contributed by atoms with van der Waals surface area (Å²) in [6, 6.07) is 5.00. The lowest BCUT2D eigenvalue weighted by atomic mass is 10.1. The molecule has 0 aliphatic heterocycles. The number of rotatable bonds is 7. The van der Waals surface area contributed by atoms with Crippen LogP contribution in [0.5, 0.6) is 5.75 Å². The maximum atomic E-state index is 11.4. The zero-order valence-electron chi connectivity index (χ0n) is 14.1. The minimum Gasteiger partial charge on any atom is -0.494 e. The van der Waals surface area contributed by atoms with Gasteiger partial charge in [-0.1, -0.05) is 6.07 Å². The highest BCUT2D eigenvalue weighted by molar-refractivity contribution is 5.89. The monoisotopic (exact) mass is 323 g/mol. The molecular weight excluding hydrogens is 298 g/mol. The molecule has 1 aromatic rings. The molecule has 1 aromatic carbocycles. The molecule has 1 amide bonds. The van der Waals surface area contributed by atoms with Crippen molar-refractivity contribution in [3.05, 3.63) is 29.3 Å². The molecule has 0 unspecified atom stereocenters. The second kappa shape index (κ2) is 8.41. The zero-order chi connectivity index (χ0) is 17.5. The van der Waals surface area contributed by atoms with E-state index in [1.807, 2.05) is 20.8 Å². The van der Waals surface area contributed by atoms with Crippen LogP contribution in [0, 0.1) is 6.92 Å². The summed E-state index contributed by atoms with van der Waals surface area (Å²) in [6.45, 7) is 8.15.